The number of aromatic nitrogens is 4. The predicted octanol–water partition coefficient (Wildman–Crippen LogP) is 4.46. The minimum atomic E-state index is -0.200. The first-order chi connectivity index (χ1) is 20.6. The number of carbonyl (C=O) groups is 1. The van der Waals surface area contributed by atoms with Gasteiger partial charge in [-0.15, -0.1) is 0 Å². The molecule has 6 rings (SSSR count). The van der Waals surface area contributed by atoms with Crippen molar-refractivity contribution in [2.75, 3.05) is 32.9 Å². The van der Waals surface area contributed by atoms with Gasteiger partial charge in [0.1, 0.15) is 23.3 Å². The first kappa shape index (κ1) is 27.8. The first-order valence-electron chi connectivity index (χ1n) is 14.3. The smallest absolute Gasteiger partial charge is 0.272 e. The molecular weight excluding hydrogens is 534 g/mol. The minimum absolute atomic E-state index is 0.0808. The zero-order valence-corrected chi connectivity index (χ0v) is 23.6. The maximum absolute atomic E-state index is 12.6. The molecule has 1 unspecified atom stereocenters. The summed E-state index contributed by atoms with van der Waals surface area (Å²) >= 11 is 0. The molecular formula is C32H33N5O5. The first-order valence-corrected chi connectivity index (χ1v) is 14.3. The third kappa shape index (κ3) is 6.77. The maximum atomic E-state index is 12.6. The third-order valence-electron chi connectivity index (χ3n) is 7.30. The van der Waals surface area contributed by atoms with E-state index in [1.54, 1.807) is 23.4 Å². The number of benzene rings is 1. The van der Waals surface area contributed by atoms with Crippen LogP contribution in [0.15, 0.2) is 65.6 Å². The fourth-order valence-corrected chi connectivity index (χ4v) is 5.00. The molecule has 1 aromatic carbocycles. The second-order valence-electron chi connectivity index (χ2n) is 10.3. The zero-order chi connectivity index (χ0) is 28.7. The van der Waals surface area contributed by atoms with Crippen LogP contribution in [0, 0.1) is 11.8 Å². The van der Waals surface area contributed by atoms with Gasteiger partial charge in [0.25, 0.3) is 5.91 Å². The van der Waals surface area contributed by atoms with E-state index in [0.717, 1.165) is 54.1 Å². The van der Waals surface area contributed by atoms with Gasteiger partial charge in [0, 0.05) is 61.0 Å². The van der Waals surface area contributed by atoms with E-state index in [0.29, 0.717) is 44.3 Å². The van der Waals surface area contributed by atoms with Crippen molar-refractivity contribution < 1.29 is 23.5 Å². The number of nitrogens with zero attached hydrogens (tertiary/aromatic N) is 5. The predicted molar refractivity (Wildman–Crippen MR) is 153 cm³/mol. The summed E-state index contributed by atoms with van der Waals surface area (Å²) in [5, 5.41) is 4.27. The lowest BCUT2D eigenvalue weighted by molar-refractivity contribution is -0.188. The van der Waals surface area contributed by atoms with Gasteiger partial charge in [-0.1, -0.05) is 17.0 Å². The van der Waals surface area contributed by atoms with Gasteiger partial charge in [-0.3, -0.25) is 4.79 Å². The number of amides is 1. The molecule has 2 saturated heterocycles. The van der Waals surface area contributed by atoms with Crippen LogP contribution in [0.3, 0.4) is 0 Å². The van der Waals surface area contributed by atoms with E-state index in [-0.39, 0.29) is 18.3 Å². The Bertz CT molecular complexity index is 1540. The molecule has 0 bridgehead atoms. The standard InChI is InChI=1S/C32H33N5O5/c1-23(41-30-4-2-3-17-40-30)31-33-13-14-37(31)22-27-20-29(42-35-27)26-10-7-24(8-11-26)5-6-25-9-12-28(34-21-25)32(38)36-15-18-39-19-16-36/h7-14,20-21,23,30H,2-4,15-19,22H2,1H3/t23-,30?/m0/s1. The highest BCUT2D eigenvalue weighted by Crippen LogP contribution is 2.25. The minimum Gasteiger partial charge on any atom is -0.378 e. The molecule has 2 aliphatic rings. The second kappa shape index (κ2) is 13.1. The van der Waals surface area contributed by atoms with Gasteiger partial charge in [0.15, 0.2) is 12.1 Å². The number of ether oxygens (including phenoxy) is 3. The normalized spacial score (nSPS) is 17.8. The number of imidazole rings is 1. The highest BCUT2D eigenvalue weighted by atomic mass is 16.7. The Morgan fingerprint density at radius 2 is 1.86 bits per heavy atom. The van der Waals surface area contributed by atoms with Crippen LogP contribution in [0.2, 0.25) is 0 Å². The van der Waals surface area contributed by atoms with Crippen LogP contribution in [0.25, 0.3) is 11.3 Å². The summed E-state index contributed by atoms with van der Waals surface area (Å²) in [4.78, 5) is 23.2. The van der Waals surface area contributed by atoms with Crippen molar-refractivity contribution >= 4 is 5.91 Å². The van der Waals surface area contributed by atoms with Gasteiger partial charge >= 0.3 is 0 Å². The van der Waals surface area contributed by atoms with Crippen molar-refractivity contribution in [2.45, 2.75) is 45.1 Å². The van der Waals surface area contributed by atoms with Crippen LogP contribution in [0.4, 0.5) is 0 Å². The Kier molecular flexibility index (Phi) is 8.70. The average molecular weight is 568 g/mol. The zero-order valence-electron chi connectivity index (χ0n) is 23.6. The van der Waals surface area contributed by atoms with E-state index in [1.807, 2.05) is 54.1 Å². The summed E-state index contributed by atoms with van der Waals surface area (Å²) in [5.74, 6) is 7.69. The molecule has 10 nitrogen and oxygen atoms in total. The van der Waals surface area contributed by atoms with Gasteiger partial charge in [-0.05, 0) is 62.6 Å². The molecule has 0 N–H and O–H groups in total. The Balaban J connectivity index is 1.06. The van der Waals surface area contributed by atoms with Gasteiger partial charge < -0.3 is 28.2 Å². The maximum Gasteiger partial charge on any atom is 0.272 e. The van der Waals surface area contributed by atoms with E-state index < -0.39 is 0 Å². The van der Waals surface area contributed by atoms with Crippen LogP contribution >= 0.6 is 0 Å². The summed E-state index contributed by atoms with van der Waals surface area (Å²) in [6, 6.07) is 13.3. The number of morpholine rings is 1. The molecule has 5 heterocycles. The Hall–Kier alpha value is -4.30. The number of carbonyl (C=O) groups excluding carboxylic acids is 1. The molecule has 2 aliphatic heterocycles. The van der Waals surface area contributed by atoms with Gasteiger partial charge in [0.2, 0.25) is 0 Å². The highest BCUT2D eigenvalue weighted by molar-refractivity contribution is 5.92. The molecule has 4 aromatic rings. The lowest BCUT2D eigenvalue weighted by atomic mass is 10.1. The Morgan fingerprint density at radius 3 is 2.62 bits per heavy atom. The summed E-state index contributed by atoms with van der Waals surface area (Å²) in [6.45, 7) is 5.55. The topological polar surface area (TPSA) is 105 Å². The van der Waals surface area contributed by atoms with Crippen molar-refractivity contribution in [1.82, 2.24) is 24.6 Å². The van der Waals surface area contributed by atoms with Crippen LogP contribution in [-0.2, 0) is 20.8 Å². The fourth-order valence-electron chi connectivity index (χ4n) is 5.00. The lowest BCUT2D eigenvalue weighted by Crippen LogP contribution is -2.41. The molecule has 1 amide bonds. The lowest BCUT2D eigenvalue weighted by Gasteiger charge is -2.26. The molecule has 0 spiro atoms. The van der Waals surface area contributed by atoms with E-state index >= 15 is 0 Å². The molecule has 42 heavy (non-hydrogen) atoms. The Morgan fingerprint density at radius 1 is 1.05 bits per heavy atom. The van der Waals surface area contributed by atoms with Gasteiger partial charge in [0.05, 0.1) is 19.8 Å². The molecule has 0 saturated carbocycles. The van der Waals surface area contributed by atoms with Crippen molar-refractivity contribution in [3.05, 3.63) is 89.4 Å². The van der Waals surface area contributed by atoms with E-state index in [4.69, 9.17) is 18.7 Å². The molecule has 2 fully saturated rings. The van der Waals surface area contributed by atoms with Gasteiger partial charge in [-0.2, -0.15) is 0 Å². The van der Waals surface area contributed by atoms with Crippen molar-refractivity contribution in [3.63, 3.8) is 0 Å². The average Bonchev–Trinajstić information content (AvgIpc) is 3.71. The van der Waals surface area contributed by atoms with Crippen LogP contribution in [0.5, 0.6) is 0 Å². The number of rotatable bonds is 7. The SMILES string of the molecule is C[C@H](OC1CCCCO1)c1nccn1Cc1cc(-c2ccc(C#Cc3ccc(C(=O)N4CCOCC4)nc3)cc2)on1. The third-order valence-corrected chi connectivity index (χ3v) is 7.30. The number of pyridine rings is 1. The fraction of sp³-hybridized carbons (Fsp3) is 0.375. The molecule has 2 atom stereocenters. The van der Waals surface area contributed by atoms with Crippen molar-refractivity contribution in [3.8, 4) is 23.2 Å². The molecule has 10 heteroatoms. The molecule has 0 aliphatic carbocycles. The number of hydrogen-bond donors (Lipinski definition) is 0. The summed E-state index contributed by atoms with van der Waals surface area (Å²) in [5.41, 5.74) is 3.70. The van der Waals surface area contributed by atoms with Crippen LogP contribution in [0.1, 0.15) is 65.4 Å². The van der Waals surface area contributed by atoms with Gasteiger partial charge in [-0.25, -0.2) is 9.97 Å². The summed E-state index contributed by atoms with van der Waals surface area (Å²) < 4.78 is 24.8. The summed E-state index contributed by atoms with van der Waals surface area (Å²) in [6.07, 6.45) is 8.05. The quantitative estimate of drug-likeness (QED) is 0.302. The monoisotopic (exact) mass is 567 g/mol. The molecule has 3 aromatic heterocycles. The largest absolute Gasteiger partial charge is 0.378 e. The Labute approximate surface area is 244 Å². The summed E-state index contributed by atoms with van der Waals surface area (Å²) in [7, 11) is 0. The van der Waals surface area contributed by atoms with Crippen molar-refractivity contribution in [2.24, 2.45) is 0 Å². The molecule has 216 valence electrons. The van der Waals surface area contributed by atoms with E-state index in [2.05, 4.69) is 27.0 Å². The van der Waals surface area contributed by atoms with Crippen molar-refractivity contribution in [1.29, 1.82) is 0 Å². The van der Waals surface area contributed by atoms with E-state index in [1.165, 1.54) is 0 Å². The van der Waals surface area contributed by atoms with E-state index in [9.17, 15) is 4.79 Å². The van der Waals surface area contributed by atoms with Crippen LogP contribution in [-0.4, -0.2) is 69.7 Å². The van der Waals surface area contributed by atoms with Crippen LogP contribution < -0.4 is 0 Å². The molecule has 0 radical (unpaired) electrons. The highest BCUT2D eigenvalue weighted by Gasteiger charge is 2.22. The number of hydrogen-bond acceptors (Lipinski definition) is 8. The second-order valence-corrected chi connectivity index (χ2v) is 10.3.